The van der Waals surface area contributed by atoms with Crippen molar-refractivity contribution in [1.82, 2.24) is 16.0 Å². The van der Waals surface area contributed by atoms with Crippen LogP contribution < -0.4 is 16.0 Å². The fourth-order valence-corrected chi connectivity index (χ4v) is 4.64. The van der Waals surface area contributed by atoms with E-state index in [0.29, 0.717) is 0 Å². The van der Waals surface area contributed by atoms with Gasteiger partial charge < -0.3 is 35.4 Å². The zero-order valence-corrected chi connectivity index (χ0v) is 20.0. The molecule has 0 aromatic heterocycles. The first kappa shape index (κ1) is 29.7. The summed E-state index contributed by atoms with van der Waals surface area (Å²) in [5.41, 5.74) is 0. The summed E-state index contributed by atoms with van der Waals surface area (Å²) < 4.78 is 77.3. The number of hydrogen-bond donors (Lipinski definition) is 8. The van der Waals surface area contributed by atoms with E-state index < -0.39 is 100 Å². The molecule has 2 rings (SSSR count). The second-order valence-corrected chi connectivity index (χ2v) is 10.5. The number of carbonyl (C=O) groups excluding carboxylic acids is 2. The maximum Gasteiger partial charge on any atom is 0.397 e. The van der Waals surface area contributed by atoms with Gasteiger partial charge in [0.2, 0.25) is 11.8 Å². The summed E-state index contributed by atoms with van der Waals surface area (Å²) in [5.74, 6) is -2.05. The molecule has 2 saturated heterocycles. The van der Waals surface area contributed by atoms with E-state index in [9.17, 15) is 41.7 Å². The van der Waals surface area contributed by atoms with Gasteiger partial charge in [0.05, 0.1) is 37.2 Å². The highest BCUT2D eigenvalue weighted by Crippen LogP contribution is 2.29. The van der Waals surface area contributed by atoms with Crippen LogP contribution in [0.15, 0.2) is 0 Å². The second kappa shape index (κ2) is 12.1. The van der Waals surface area contributed by atoms with Crippen LogP contribution in [0.2, 0.25) is 0 Å². The third kappa shape index (κ3) is 8.82. The van der Waals surface area contributed by atoms with Crippen molar-refractivity contribution in [3.05, 3.63) is 0 Å². The molecule has 0 aromatic rings. The van der Waals surface area contributed by atoms with Crippen LogP contribution in [0.25, 0.3) is 0 Å². The fourth-order valence-electron chi connectivity index (χ4n) is 3.76. The quantitative estimate of drug-likeness (QED) is 0.112. The smallest absolute Gasteiger partial charge is 0.395 e. The molecule has 0 aromatic carbocycles. The highest BCUT2D eigenvalue weighted by Gasteiger charge is 2.50. The number of aliphatic hydroxyl groups excluding tert-OH is 3. The summed E-state index contributed by atoms with van der Waals surface area (Å²) in [4.78, 5) is 24.0. The number of aliphatic hydroxyl groups is 3. The topological polar surface area (TPSA) is 267 Å². The van der Waals surface area contributed by atoms with Gasteiger partial charge in [-0.15, -0.1) is 0 Å². The lowest BCUT2D eigenvalue weighted by Crippen LogP contribution is -2.66. The fraction of sp³-hybridized carbons (Fsp3) is 0.875. The van der Waals surface area contributed by atoms with E-state index >= 15 is 0 Å². The van der Waals surface area contributed by atoms with Gasteiger partial charge in [0, 0.05) is 13.5 Å². The predicted octanol–water partition coefficient (Wildman–Crippen LogP) is -5.13. The number of rotatable bonds is 11. The molecule has 0 bridgehead atoms. The Bertz CT molecular complexity index is 961. The Kier molecular flexibility index (Phi) is 10.3. The zero-order valence-electron chi connectivity index (χ0n) is 18.4. The van der Waals surface area contributed by atoms with Crippen LogP contribution >= 0.6 is 0 Å². The van der Waals surface area contributed by atoms with Crippen molar-refractivity contribution in [2.75, 3.05) is 25.5 Å². The summed E-state index contributed by atoms with van der Waals surface area (Å²) in [5, 5.41) is 37.3. The summed E-state index contributed by atoms with van der Waals surface area (Å²) in [6.07, 6.45) is -7.76. The molecule has 0 radical (unpaired) electrons. The number of hydrogen-bond acceptors (Lipinski definition) is 13. The molecule has 0 aliphatic carbocycles. The van der Waals surface area contributed by atoms with Gasteiger partial charge >= 0.3 is 10.4 Å². The molecular formula is C16H29N3O14S2. The second-order valence-electron chi connectivity index (χ2n) is 7.93. The summed E-state index contributed by atoms with van der Waals surface area (Å²) >= 11 is 0. The number of amides is 2. The third-order valence-corrected chi connectivity index (χ3v) is 6.45. The van der Waals surface area contributed by atoms with Gasteiger partial charge in [-0.2, -0.15) is 16.8 Å². The standard InChI is InChI=1S/C16H29N3O14S2/c1-7(22)18-12-13(23)14(33-35(28,29)30)11(6-21)32-16(12)31-10-4-8(19-9(10)5-20)15(24)17-2-3-34(25,26)27/h8-14,16,19-21,23H,2-6H2,1H3,(H,17,24)(H,18,22)(H,25,26,27)(H,28,29,30)/t8-,9+,10-,11+,12+,13+,14+,16+/m0/s1. The summed E-state index contributed by atoms with van der Waals surface area (Å²) in [6.45, 7) is -0.700. The van der Waals surface area contributed by atoms with Gasteiger partial charge in [-0.1, -0.05) is 0 Å². The van der Waals surface area contributed by atoms with Crippen molar-refractivity contribution in [3.63, 3.8) is 0 Å². The largest absolute Gasteiger partial charge is 0.397 e. The molecule has 0 spiro atoms. The van der Waals surface area contributed by atoms with E-state index in [0.717, 1.165) is 6.92 Å². The van der Waals surface area contributed by atoms with Crippen LogP contribution in [-0.4, -0.2) is 127 Å². The van der Waals surface area contributed by atoms with Crippen molar-refractivity contribution >= 4 is 32.3 Å². The molecule has 35 heavy (non-hydrogen) atoms. The van der Waals surface area contributed by atoms with E-state index in [-0.39, 0.29) is 13.0 Å². The Hall–Kier alpha value is -1.52. The monoisotopic (exact) mass is 551 g/mol. The van der Waals surface area contributed by atoms with Gasteiger partial charge in [-0.25, -0.2) is 4.18 Å². The molecule has 0 saturated carbocycles. The van der Waals surface area contributed by atoms with Crippen LogP contribution in [0.5, 0.6) is 0 Å². The number of ether oxygens (including phenoxy) is 2. The van der Waals surface area contributed by atoms with E-state index in [1.807, 2.05) is 0 Å². The van der Waals surface area contributed by atoms with Gasteiger partial charge in [-0.3, -0.25) is 24.0 Å². The molecular weight excluding hydrogens is 522 g/mol. The lowest BCUT2D eigenvalue weighted by Gasteiger charge is -2.44. The SMILES string of the molecule is CC(=O)N[C@H]1[C@H](O[C@H]2C[C@@H](C(=O)NCCS(=O)(=O)O)N[C@@H]2CO)O[C@H](CO)[C@@H](OS(=O)(=O)O)[C@@H]1O. The van der Waals surface area contributed by atoms with Crippen LogP contribution in [0, 0.1) is 0 Å². The van der Waals surface area contributed by atoms with Gasteiger partial charge in [0.1, 0.15) is 24.4 Å². The van der Waals surface area contributed by atoms with Gasteiger partial charge in [0.15, 0.2) is 6.29 Å². The minimum Gasteiger partial charge on any atom is -0.395 e. The number of nitrogens with one attached hydrogen (secondary N) is 3. The van der Waals surface area contributed by atoms with E-state index in [1.165, 1.54) is 0 Å². The third-order valence-electron chi connectivity index (χ3n) is 5.27. The van der Waals surface area contributed by atoms with Crippen LogP contribution in [0.3, 0.4) is 0 Å². The molecule has 2 fully saturated rings. The molecule has 204 valence electrons. The zero-order chi connectivity index (χ0) is 26.6. The molecule has 2 heterocycles. The lowest BCUT2D eigenvalue weighted by molar-refractivity contribution is -0.279. The maximum atomic E-state index is 12.3. The normalized spacial score (nSPS) is 33.9. The minimum atomic E-state index is -5.08. The first-order valence-corrected chi connectivity index (χ1v) is 13.2. The highest BCUT2D eigenvalue weighted by molar-refractivity contribution is 7.85. The summed E-state index contributed by atoms with van der Waals surface area (Å²) in [7, 11) is -9.38. The van der Waals surface area contributed by atoms with E-state index in [2.05, 4.69) is 20.1 Å². The van der Waals surface area contributed by atoms with Crippen LogP contribution in [-0.2, 0) is 43.8 Å². The van der Waals surface area contributed by atoms with Crippen LogP contribution in [0.1, 0.15) is 13.3 Å². The van der Waals surface area contributed by atoms with Crippen molar-refractivity contribution < 1.29 is 64.5 Å². The molecule has 2 aliphatic heterocycles. The Morgan fingerprint density at radius 2 is 1.80 bits per heavy atom. The maximum absolute atomic E-state index is 12.3. The molecule has 2 aliphatic rings. The molecule has 8 N–H and O–H groups in total. The average Bonchev–Trinajstić information content (AvgIpc) is 3.13. The first-order valence-electron chi connectivity index (χ1n) is 10.3. The molecule has 2 amide bonds. The molecule has 8 atom stereocenters. The van der Waals surface area contributed by atoms with Crippen molar-refractivity contribution in [2.24, 2.45) is 0 Å². The Labute approximate surface area is 200 Å². The molecule has 0 unspecified atom stereocenters. The van der Waals surface area contributed by atoms with E-state index in [1.54, 1.807) is 0 Å². The predicted molar refractivity (Wildman–Crippen MR) is 112 cm³/mol. The van der Waals surface area contributed by atoms with Crippen molar-refractivity contribution in [2.45, 2.75) is 62.2 Å². The molecule has 17 nitrogen and oxygen atoms in total. The van der Waals surface area contributed by atoms with E-state index in [4.69, 9.17) is 18.6 Å². The average molecular weight is 552 g/mol. The van der Waals surface area contributed by atoms with Crippen molar-refractivity contribution in [3.8, 4) is 0 Å². The Morgan fingerprint density at radius 3 is 2.31 bits per heavy atom. The number of carbonyl (C=O) groups is 2. The first-order chi connectivity index (χ1) is 16.1. The lowest BCUT2D eigenvalue weighted by atomic mass is 9.96. The van der Waals surface area contributed by atoms with Crippen LogP contribution in [0.4, 0.5) is 0 Å². The Balaban J connectivity index is 2.15. The Morgan fingerprint density at radius 1 is 1.14 bits per heavy atom. The van der Waals surface area contributed by atoms with Crippen molar-refractivity contribution in [1.29, 1.82) is 0 Å². The van der Waals surface area contributed by atoms with Gasteiger partial charge in [-0.05, 0) is 6.42 Å². The highest BCUT2D eigenvalue weighted by atomic mass is 32.3. The van der Waals surface area contributed by atoms with Gasteiger partial charge in [0.25, 0.3) is 10.1 Å². The minimum absolute atomic E-state index is 0.0829. The summed E-state index contributed by atoms with van der Waals surface area (Å²) in [6, 6.07) is -3.27. The molecule has 19 heteroatoms.